The molecule has 1 fully saturated rings. The minimum Gasteiger partial charge on any atom is -0.496 e. The summed E-state index contributed by atoms with van der Waals surface area (Å²) in [7, 11) is -2.01. The third-order valence-electron chi connectivity index (χ3n) is 4.97. The molecular weight excluding hydrogens is 412 g/mol. The van der Waals surface area contributed by atoms with E-state index in [4.69, 9.17) is 16.3 Å². The number of benzene rings is 2. The van der Waals surface area contributed by atoms with Gasteiger partial charge in [0.1, 0.15) is 5.75 Å². The number of sulfonamides is 1. The van der Waals surface area contributed by atoms with Crippen molar-refractivity contribution in [3.63, 3.8) is 0 Å². The topological polar surface area (TPSA) is 75.7 Å². The van der Waals surface area contributed by atoms with Crippen molar-refractivity contribution in [3.8, 4) is 5.75 Å². The van der Waals surface area contributed by atoms with Gasteiger partial charge in [-0.1, -0.05) is 30.2 Å². The molecule has 2 aromatic carbocycles. The van der Waals surface area contributed by atoms with Crippen molar-refractivity contribution in [2.24, 2.45) is 0 Å². The van der Waals surface area contributed by atoms with Gasteiger partial charge in [-0.3, -0.25) is 4.79 Å². The fourth-order valence-electron chi connectivity index (χ4n) is 3.39. The van der Waals surface area contributed by atoms with Crippen molar-refractivity contribution in [2.45, 2.75) is 37.0 Å². The van der Waals surface area contributed by atoms with E-state index in [1.807, 2.05) is 0 Å². The molecule has 0 atom stereocenters. The van der Waals surface area contributed by atoms with Gasteiger partial charge in [-0.05, 0) is 55.2 Å². The Labute approximate surface area is 176 Å². The van der Waals surface area contributed by atoms with Crippen molar-refractivity contribution in [3.05, 3.63) is 53.1 Å². The monoisotopic (exact) mass is 436 g/mol. The zero-order valence-electron chi connectivity index (χ0n) is 16.4. The van der Waals surface area contributed by atoms with Gasteiger partial charge in [0.2, 0.25) is 15.9 Å². The van der Waals surface area contributed by atoms with Crippen LogP contribution in [0.5, 0.6) is 5.75 Å². The first kappa shape index (κ1) is 21.6. The molecule has 1 heterocycles. The average molecular weight is 437 g/mol. The highest BCUT2D eigenvalue weighted by Gasteiger charge is 2.26. The van der Waals surface area contributed by atoms with Crippen LogP contribution in [0, 0.1) is 0 Å². The van der Waals surface area contributed by atoms with Crippen LogP contribution < -0.4 is 10.1 Å². The van der Waals surface area contributed by atoms with E-state index in [1.54, 1.807) is 42.5 Å². The predicted molar refractivity (Wildman–Crippen MR) is 114 cm³/mol. The number of methoxy groups -OCH3 is 1. The third kappa shape index (κ3) is 5.29. The number of para-hydroxylation sites is 1. The zero-order chi connectivity index (χ0) is 20.9. The first-order valence-electron chi connectivity index (χ1n) is 9.63. The molecule has 29 heavy (non-hydrogen) atoms. The van der Waals surface area contributed by atoms with E-state index < -0.39 is 10.0 Å². The Bertz CT molecular complexity index is 972. The largest absolute Gasteiger partial charge is 0.496 e. The summed E-state index contributed by atoms with van der Waals surface area (Å²) < 4.78 is 32.8. The Morgan fingerprint density at radius 1 is 1.14 bits per heavy atom. The van der Waals surface area contributed by atoms with Crippen LogP contribution in [0.4, 0.5) is 5.69 Å². The molecule has 2 aromatic rings. The quantitative estimate of drug-likeness (QED) is 0.709. The SMILES string of the molecule is COc1ccc(S(=O)(=O)N2CCCCC2)cc1CCC(=O)Nc1ccccc1Cl. The molecule has 1 aliphatic heterocycles. The summed E-state index contributed by atoms with van der Waals surface area (Å²) in [5.74, 6) is 0.359. The van der Waals surface area contributed by atoms with Crippen molar-refractivity contribution in [2.75, 3.05) is 25.5 Å². The van der Waals surface area contributed by atoms with Gasteiger partial charge in [0.25, 0.3) is 0 Å². The first-order chi connectivity index (χ1) is 13.9. The van der Waals surface area contributed by atoms with Gasteiger partial charge in [-0.25, -0.2) is 8.42 Å². The van der Waals surface area contributed by atoms with E-state index >= 15 is 0 Å². The Morgan fingerprint density at radius 2 is 1.86 bits per heavy atom. The molecule has 0 unspecified atom stereocenters. The van der Waals surface area contributed by atoms with Gasteiger partial charge in [0.05, 0.1) is 22.7 Å². The number of hydrogen-bond donors (Lipinski definition) is 1. The Balaban J connectivity index is 1.73. The lowest BCUT2D eigenvalue weighted by Crippen LogP contribution is -2.35. The van der Waals surface area contributed by atoms with Gasteiger partial charge >= 0.3 is 0 Å². The Kier molecular flexibility index (Phi) is 7.16. The molecule has 156 valence electrons. The predicted octanol–water partition coefficient (Wildman–Crippen LogP) is 4.09. The van der Waals surface area contributed by atoms with Crippen LogP contribution in [0.2, 0.25) is 5.02 Å². The summed E-state index contributed by atoms with van der Waals surface area (Å²) in [6, 6.07) is 11.8. The summed E-state index contributed by atoms with van der Waals surface area (Å²) in [4.78, 5) is 12.6. The molecule has 0 spiro atoms. The van der Waals surface area contributed by atoms with E-state index in [9.17, 15) is 13.2 Å². The van der Waals surface area contributed by atoms with E-state index in [1.165, 1.54) is 11.4 Å². The molecule has 0 aliphatic carbocycles. The van der Waals surface area contributed by atoms with Crippen LogP contribution in [-0.2, 0) is 21.2 Å². The van der Waals surface area contributed by atoms with Crippen LogP contribution in [0.25, 0.3) is 0 Å². The lowest BCUT2D eigenvalue weighted by molar-refractivity contribution is -0.116. The Hall–Kier alpha value is -2.09. The summed E-state index contributed by atoms with van der Waals surface area (Å²) in [5, 5.41) is 3.24. The third-order valence-corrected chi connectivity index (χ3v) is 7.20. The number of nitrogens with zero attached hydrogens (tertiary/aromatic N) is 1. The van der Waals surface area contributed by atoms with Crippen molar-refractivity contribution >= 4 is 33.2 Å². The summed E-state index contributed by atoms with van der Waals surface area (Å²) in [6.07, 6.45) is 3.34. The summed E-state index contributed by atoms with van der Waals surface area (Å²) in [6.45, 7) is 1.09. The molecule has 8 heteroatoms. The molecule has 0 saturated carbocycles. The second-order valence-electron chi connectivity index (χ2n) is 6.97. The molecule has 6 nitrogen and oxygen atoms in total. The maximum absolute atomic E-state index is 12.9. The highest BCUT2D eigenvalue weighted by molar-refractivity contribution is 7.89. The van der Waals surface area contributed by atoms with Crippen LogP contribution in [-0.4, -0.2) is 38.8 Å². The number of piperidine rings is 1. The minimum absolute atomic E-state index is 0.175. The smallest absolute Gasteiger partial charge is 0.243 e. The van der Waals surface area contributed by atoms with E-state index in [-0.39, 0.29) is 17.2 Å². The van der Waals surface area contributed by atoms with Crippen LogP contribution in [0.3, 0.4) is 0 Å². The number of hydrogen-bond acceptors (Lipinski definition) is 4. The molecule has 1 saturated heterocycles. The molecule has 3 rings (SSSR count). The van der Waals surface area contributed by atoms with Crippen LogP contribution in [0.15, 0.2) is 47.4 Å². The lowest BCUT2D eigenvalue weighted by Gasteiger charge is -2.26. The van der Waals surface area contributed by atoms with Crippen molar-refractivity contribution in [1.82, 2.24) is 4.31 Å². The van der Waals surface area contributed by atoms with Crippen LogP contribution >= 0.6 is 11.6 Å². The van der Waals surface area contributed by atoms with Crippen LogP contribution in [0.1, 0.15) is 31.2 Å². The number of rotatable bonds is 7. The molecule has 1 N–H and O–H groups in total. The zero-order valence-corrected chi connectivity index (χ0v) is 17.9. The summed E-state index contributed by atoms with van der Waals surface area (Å²) in [5.41, 5.74) is 1.23. The molecule has 0 radical (unpaired) electrons. The lowest BCUT2D eigenvalue weighted by atomic mass is 10.1. The number of carbonyl (C=O) groups excluding carboxylic acids is 1. The summed E-state index contributed by atoms with van der Waals surface area (Å²) >= 11 is 6.07. The molecule has 1 amide bonds. The average Bonchev–Trinajstić information content (AvgIpc) is 2.74. The second kappa shape index (κ2) is 9.61. The maximum atomic E-state index is 12.9. The van der Waals surface area contributed by atoms with E-state index in [0.29, 0.717) is 41.5 Å². The number of carbonyl (C=O) groups is 1. The highest BCUT2D eigenvalue weighted by Crippen LogP contribution is 2.27. The number of nitrogens with one attached hydrogen (secondary N) is 1. The minimum atomic E-state index is -3.54. The van der Waals surface area contributed by atoms with E-state index in [2.05, 4.69) is 5.32 Å². The molecule has 1 aliphatic rings. The van der Waals surface area contributed by atoms with Gasteiger partial charge in [0.15, 0.2) is 0 Å². The normalized spacial score (nSPS) is 15.1. The standard InChI is InChI=1S/C21H25ClN2O4S/c1-28-20-11-10-17(29(26,27)24-13-5-2-6-14-24)15-16(20)9-12-21(25)23-19-8-4-3-7-18(19)22/h3-4,7-8,10-11,15H,2,5-6,9,12-14H2,1H3,(H,23,25). The van der Waals surface area contributed by atoms with Crippen molar-refractivity contribution in [1.29, 1.82) is 0 Å². The number of halogens is 1. The first-order valence-corrected chi connectivity index (χ1v) is 11.4. The number of anilines is 1. The fourth-order valence-corrected chi connectivity index (χ4v) is 5.14. The molecular formula is C21H25ClN2O4S. The highest BCUT2D eigenvalue weighted by atomic mass is 35.5. The number of ether oxygens (including phenoxy) is 1. The van der Waals surface area contributed by atoms with Gasteiger partial charge in [-0.2, -0.15) is 4.31 Å². The fraction of sp³-hybridized carbons (Fsp3) is 0.381. The molecule has 0 aromatic heterocycles. The number of aryl methyl sites for hydroxylation is 1. The number of amides is 1. The maximum Gasteiger partial charge on any atom is 0.243 e. The van der Waals surface area contributed by atoms with Gasteiger partial charge in [0, 0.05) is 19.5 Å². The Morgan fingerprint density at radius 3 is 2.55 bits per heavy atom. The van der Waals surface area contributed by atoms with E-state index in [0.717, 1.165) is 19.3 Å². The molecule has 0 bridgehead atoms. The van der Waals surface area contributed by atoms with Gasteiger partial charge < -0.3 is 10.1 Å². The second-order valence-corrected chi connectivity index (χ2v) is 9.31. The van der Waals surface area contributed by atoms with Gasteiger partial charge in [-0.15, -0.1) is 0 Å². The van der Waals surface area contributed by atoms with Crippen molar-refractivity contribution < 1.29 is 17.9 Å².